The number of nitrogens with zero attached hydrogens (tertiary/aromatic N) is 1. The SMILES string of the molecule is CC(C)CNC(=O)C(C)N1CCC2(CCC1=O)NC(=O)c1ccccc1N2. The second-order valence-corrected chi connectivity index (χ2v) is 7.86. The van der Waals surface area contributed by atoms with E-state index in [2.05, 4.69) is 16.0 Å². The first-order valence-corrected chi connectivity index (χ1v) is 9.58. The first kappa shape index (κ1) is 19.2. The van der Waals surface area contributed by atoms with Crippen molar-refractivity contribution < 1.29 is 14.4 Å². The third-order valence-electron chi connectivity index (χ3n) is 5.30. The molecule has 27 heavy (non-hydrogen) atoms. The van der Waals surface area contributed by atoms with E-state index in [-0.39, 0.29) is 24.1 Å². The summed E-state index contributed by atoms with van der Waals surface area (Å²) < 4.78 is 0. The van der Waals surface area contributed by atoms with Crippen LogP contribution in [0.15, 0.2) is 24.3 Å². The van der Waals surface area contributed by atoms with E-state index in [4.69, 9.17) is 0 Å². The minimum atomic E-state index is -0.663. The van der Waals surface area contributed by atoms with Gasteiger partial charge in [-0.3, -0.25) is 14.4 Å². The van der Waals surface area contributed by atoms with Gasteiger partial charge in [0.05, 0.1) is 5.56 Å². The summed E-state index contributed by atoms with van der Waals surface area (Å²) in [4.78, 5) is 39.2. The Morgan fingerprint density at radius 1 is 1.19 bits per heavy atom. The van der Waals surface area contributed by atoms with Gasteiger partial charge in [-0.2, -0.15) is 0 Å². The van der Waals surface area contributed by atoms with Gasteiger partial charge in [-0.15, -0.1) is 0 Å². The Balaban J connectivity index is 1.72. The third kappa shape index (κ3) is 4.07. The highest BCUT2D eigenvalue weighted by Gasteiger charge is 2.41. The highest BCUT2D eigenvalue weighted by atomic mass is 16.2. The molecule has 1 saturated heterocycles. The van der Waals surface area contributed by atoms with Crippen molar-refractivity contribution in [2.45, 2.75) is 51.7 Å². The summed E-state index contributed by atoms with van der Waals surface area (Å²) >= 11 is 0. The zero-order valence-corrected chi connectivity index (χ0v) is 16.2. The zero-order chi connectivity index (χ0) is 19.6. The number of nitrogens with one attached hydrogen (secondary N) is 3. The second-order valence-electron chi connectivity index (χ2n) is 7.86. The van der Waals surface area contributed by atoms with Crippen LogP contribution in [0.5, 0.6) is 0 Å². The molecule has 3 amide bonds. The summed E-state index contributed by atoms with van der Waals surface area (Å²) in [5.41, 5.74) is 0.728. The average molecular weight is 372 g/mol. The molecule has 0 radical (unpaired) electrons. The van der Waals surface area contributed by atoms with Gasteiger partial charge in [0.2, 0.25) is 11.8 Å². The van der Waals surface area contributed by atoms with Crippen molar-refractivity contribution in [3.05, 3.63) is 29.8 Å². The first-order valence-electron chi connectivity index (χ1n) is 9.58. The van der Waals surface area contributed by atoms with Crippen molar-refractivity contribution in [1.82, 2.24) is 15.5 Å². The number of hydrogen-bond donors (Lipinski definition) is 3. The summed E-state index contributed by atoms with van der Waals surface area (Å²) in [6.07, 6.45) is 1.31. The molecule has 7 nitrogen and oxygen atoms in total. The Morgan fingerprint density at radius 3 is 2.67 bits per heavy atom. The summed E-state index contributed by atoms with van der Waals surface area (Å²) in [5, 5.41) is 9.36. The molecule has 1 fully saturated rings. The fraction of sp³-hybridized carbons (Fsp3) is 0.550. The Kier molecular flexibility index (Phi) is 5.39. The summed E-state index contributed by atoms with van der Waals surface area (Å²) in [6.45, 7) is 6.81. The lowest BCUT2D eigenvalue weighted by atomic mass is 9.95. The Bertz CT molecular complexity index is 748. The van der Waals surface area contributed by atoms with E-state index < -0.39 is 11.7 Å². The maximum atomic E-state index is 12.7. The van der Waals surface area contributed by atoms with Gasteiger partial charge >= 0.3 is 0 Å². The normalized spacial score (nSPS) is 23.3. The topological polar surface area (TPSA) is 90.5 Å². The number of amides is 3. The predicted octanol–water partition coefficient (Wildman–Crippen LogP) is 1.71. The standard InChI is InChI=1S/C20H28N4O3/c1-13(2)12-21-18(26)14(3)24-11-10-20(9-8-17(24)25)22-16-7-5-4-6-15(16)19(27)23-20/h4-7,13-14,22H,8-12H2,1-3H3,(H,21,26)(H,23,27). The Morgan fingerprint density at radius 2 is 1.93 bits per heavy atom. The number of para-hydroxylation sites is 1. The number of carbonyl (C=O) groups excluding carboxylic acids is 3. The maximum absolute atomic E-state index is 12.7. The molecule has 1 aromatic rings. The highest BCUT2D eigenvalue weighted by Crippen LogP contribution is 2.31. The summed E-state index contributed by atoms with van der Waals surface area (Å²) in [7, 11) is 0. The van der Waals surface area contributed by atoms with Gasteiger partial charge < -0.3 is 20.9 Å². The van der Waals surface area contributed by atoms with Crippen LogP contribution in [0.3, 0.4) is 0 Å². The van der Waals surface area contributed by atoms with E-state index in [1.807, 2.05) is 32.0 Å². The Hall–Kier alpha value is -2.57. The van der Waals surface area contributed by atoms with Crippen molar-refractivity contribution in [2.24, 2.45) is 5.92 Å². The number of likely N-dealkylation sites (tertiary alicyclic amines) is 1. The summed E-state index contributed by atoms with van der Waals surface area (Å²) in [5.74, 6) is 0.0203. The van der Waals surface area contributed by atoms with Crippen LogP contribution < -0.4 is 16.0 Å². The largest absolute Gasteiger partial charge is 0.362 e. The van der Waals surface area contributed by atoms with E-state index in [1.165, 1.54) is 0 Å². The molecule has 2 unspecified atom stereocenters. The van der Waals surface area contributed by atoms with Crippen molar-refractivity contribution in [2.75, 3.05) is 18.4 Å². The van der Waals surface area contributed by atoms with Crippen LogP contribution >= 0.6 is 0 Å². The molecule has 0 bridgehead atoms. The number of rotatable bonds is 4. The molecule has 146 valence electrons. The van der Waals surface area contributed by atoms with Crippen LogP contribution in [-0.2, 0) is 9.59 Å². The van der Waals surface area contributed by atoms with Crippen LogP contribution in [0, 0.1) is 5.92 Å². The molecule has 0 aliphatic carbocycles. The molecule has 2 aliphatic heterocycles. The molecular formula is C20H28N4O3. The molecule has 0 aromatic heterocycles. The average Bonchev–Trinajstić information content (AvgIpc) is 2.79. The van der Waals surface area contributed by atoms with Crippen LogP contribution in [0.2, 0.25) is 0 Å². The molecule has 3 N–H and O–H groups in total. The Labute approximate surface area is 159 Å². The van der Waals surface area contributed by atoms with Crippen LogP contribution in [0.1, 0.15) is 50.4 Å². The molecule has 0 saturated carbocycles. The minimum Gasteiger partial charge on any atom is -0.362 e. The molecular weight excluding hydrogens is 344 g/mol. The molecule has 3 rings (SSSR count). The van der Waals surface area contributed by atoms with Crippen LogP contribution in [0.25, 0.3) is 0 Å². The van der Waals surface area contributed by atoms with Crippen LogP contribution in [-0.4, -0.2) is 47.4 Å². The maximum Gasteiger partial charge on any atom is 0.255 e. The van der Waals surface area contributed by atoms with Crippen LogP contribution in [0.4, 0.5) is 5.69 Å². The van der Waals surface area contributed by atoms with E-state index in [9.17, 15) is 14.4 Å². The van der Waals surface area contributed by atoms with Crippen molar-refractivity contribution >= 4 is 23.4 Å². The van der Waals surface area contributed by atoms with Crippen molar-refractivity contribution in [1.29, 1.82) is 0 Å². The number of carbonyl (C=O) groups is 3. The lowest BCUT2D eigenvalue weighted by Crippen LogP contribution is -2.58. The zero-order valence-electron chi connectivity index (χ0n) is 16.2. The molecule has 1 aromatic carbocycles. The summed E-state index contributed by atoms with van der Waals surface area (Å²) in [6, 6.07) is 6.83. The van der Waals surface area contributed by atoms with Gasteiger partial charge in [0.1, 0.15) is 11.7 Å². The van der Waals surface area contributed by atoms with Gasteiger partial charge in [0, 0.05) is 31.6 Å². The quantitative estimate of drug-likeness (QED) is 0.750. The number of anilines is 1. The van der Waals surface area contributed by atoms with E-state index in [0.717, 1.165) is 5.69 Å². The molecule has 7 heteroatoms. The third-order valence-corrected chi connectivity index (χ3v) is 5.30. The first-order chi connectivity index (χ1) is 12.8. The number of hydrogen-bond acceptors (Lipinski definition) is 4. The fourth-order valence-electron chi connectivity index (χ4n) is 3.64. The number of benzene rings is 1. The molecule has 2 heterocycles. The second kappa shape index (κ2) is 7.58. The molecule has 2 atom stereocenters. The van der Waals surface area contributed by atoms with E-state index in [0.29, 0.717) is 37.4 Å². The van der Waals surface area contributed by atoms with Gasteiger partial charge in [-0.25, -0.2) is 0 Å². The van der Waals surface area contributed by atoms with E-state index >= 15 is 0 Å². The van der Waals surface area contributed by atoms with Gasteiger partial charge in [0.15, 0.2) is 0 Å². The van der Waals surface area contributed by atoms with Crippen molar-refractivity contribution in [3.8, 4) is 0 Å². The molecule has 2 aliphatic rings. The van der Waals surface area contributed by atoms with Crippen molar-refractivity contribution in [3.63, 3.8) is 0 Å². The fourth-order valence-corrected chi connectivity index (χ4v) is 3.64. The lowest BCUT2D eigenvalue weighted by molar-refractivity contribution is -0.139. The highest BCUT2D eigenvalue weighted by molar-refractivity contribution is 6.02. The van der Waals surface area contributed by atoms with Gasteiger partial charge in [-0.05, 0) is 31.4 Å². The van der Waals surface area contributed by atoms with Gasteiger partial charge in [0.25, 0.3) is 5.91 Å². The lowest BCUT2D eigenvalue weighted by Gasteiger charge is -2.40. The van der Waals surface area contributed by atoms with Gasteiger partial charge in [-0.1, -0.05) is 26.0 Å². The smallest absolute Gasteiger partial charge is 0.255 e. The number of fused-ring (bicyclic) bond motifs is 1. The minimum absolute atomic E-state index is 0.0611. The van der Waals surface area contributed by atoms with E-state index in [1.54, 1.807) is 17.9 Å². The predicted molar refractivity (Wildman–Crippen MR) is 103 cm³/mol. The monoisotopic (exact) mass is 372 g/mol. The molecule has 1 spiro atoms.